The molecule has 1 unspecified atom stereocenters. The van der Waals surface area contributed by atoms with Crippen LogP contribution in [0.25, 0.3) is 0 Å². The molecule has 4 nitrogen and oxygen atoms in total. The third-order valence-electron chi connectivity index (χ3n) is 2.54. The summed E-state index contributed by atoms with van der Waals surface area (Å²) >= 11 is 9.22. The Bertz CT molecular complexity index is 544. The number of hydrogen-bond donors (Lipinski definition) is 2. The Kier molecular flexibility index (Phi) is 4.04. The van der Waals surface area contributed by atoms with Crippen LogP contribution in [-0.2, 0) is 0 Å². The highest BCUT2D eigenvalue weighted by molar-refractivity contribution is 9.10. The molecule has 1 aromatic heterocycles. The van der Waals surface area contributed by atoms with Gasteiger partial charge in [0.2, 0.25) is 0 Å². The second kappa shape index (κ2) is 5.54. The molecule has 0 aliphatic carbocycles. The third kappa shape index (κ3) is 2.91. The van der Waals surface area contributed by atoms with E-state index in [1.54, 1.807) is 0 Å². The average Bonchev–Trinajstić information content (AvgIpc) is 2.36. The first kappa shape index (κ1) is 13.1. The van der Waals surface area contributed by atoms with E-state index in [1.807, 2.05) is 31.2 Å². The predicted molar refractivity (Wildman–Crippen MR) is 77.6 cm³/mol. The molecule has 1 atom stereocenters. The summed E-state index contributed by atoms with van der Waals surface area (Å²) in [5.74, 6) is 1.08. The summed E-state index contributed by atoms with van der Waals surface area (Å²) in [7, 11) is 0. The number of nitrogens with zero attached hydrogens (tertiary/aromatic N) is 2. The van der Waals surface area contributed by atoms with Crippen molar-refractivity contribution in [2.45, 2.75) is 13.0 Å². The lowest BCUT2D eigenvalue weighted by atomic mass is 10.1. The number of rotatable bonds is 3. The summed E-state index contributed by atoms with van der Waals surface area (Å²) in [5.41, 5.74) is 6.81. The van der Waals surface area contributed by atoms with Crippen LogP contribution in [0.1, 0.15) is 18.5 Å². The molecule has 1 heterocycles. The number of nitrogen functional groups attached to an aromatic ring is 1. The highest BCUT2D eigenvalue weighted by atomic mass is 79.9. The topological polar surface area (TPSA) is 63.8 Å². The first-order valence-corrected chi connectivity index (χ1v) is 6.53. The van der Waals surface area contributed by atoms with Gasteiger partial charge < -0.3 is 11.1 Å². The van der Waals surface area contributed by atoms with E-state index < -0.39 is 0 Å². The van der Waals surface area contributed by atoms with E-state index in [-0.39, 0.29) is 6.04 Å². The van der Waals surface area contributed by atoms with Gasteiger partial charge in [-0.15, -0.1) is 0 Å². The van der Waals surface area contributed by atoms with Gasteiger partial charge in [0.25, 0.3) is 0 Å². The molecule has 1 aromatic carbocycles. The Hall–Kier alpha value is -1.33. The summed E-state index contributed by atoms with van der Waals surface area (Å²) in [6.45, 7) is 2.04. The third-order valence-corrected chi connectivity index (χ3v) is 3.57. The fourth-order valence-corrected chi connectivity index (χ4v) is 1.97. The minimum absolute atomic E-state index is 0.0906. The van der Waals surface area contributed by atoms with Crippen LogP contribution in [0.4, 0.5) is 11.6 Å². The number of benzene rings is 1. The number of nitrogens with one attached hydrogen (secondary N) is 1. The minimum Gasteiger partial charge on any atom is -0.383 e. The molecule has 0 aliphatic rings. The van der Waals surface area contributed by atoms with E-state index in [1.165, 1.54) is 6.33 Å². The molecule has 3 N–H and O–H groups in total. The van der Waals surface area contributed by atoms with Gasteiger partial charge in [-0.25, -0.2) is 9.97 Å². The van der Waals surface area contributed by atoms with Crippen molar-refractivity contribution in [3.63, 3.8) is 0 Å². The highest BCUT2D eigenvalue weighted by Gasteiger charge is 2.10. The second-order valence-corrected chi connectivity index (χ2v) is 5.07. The van der Waals surface area contributed by atoms with E-state index in [0.717, 1.165) is 10.6 Å². The number of hydrogen-bond acceptors (Lipinski definition) is 4. The molecule has 0 aliphatic heterocycles. The van der Waals surface area contributed by atoms with Crippen molar-refractivity contribution in [1.29, 1.82) is 0 Å². The molecule has 94 valence electrons. The lowest BCUT2D eigenvalue weighted by Crippen LogP contribution is -2.09. The summed E-state index contributed by atoms with van der Waals surface area (Å²) in [4.78, 5) is 8.04. The zero-order chi connectivity index (χ0) is 13.1. The van der Waals surface area contributed by atoms with E-state index in [9.17, 15) is 0 Å². The van der Waals surface area contributed by atoms with Gasteiger partial charge in [-0.3, -0.25) is 0 Å². The molecule has 0 bridgehead atoms. The fraction of sp³-hybridized carbons (Fsp3) is 0.167. The standard InChI is InChI=1S/C12H12BrClN4/c1-7(8-2-4-9(14)5-3-8)18-12-10(13)11(15)16-6-17-12/h2-7H,1H3,(H3,15,16,17,18). The van der Waals surface area contributed by atoms with E-state index in [2.05, 4.69) is 31.2 Å². The van der Waals surface area contributed by atoms with E-state index in [0.29, 0.717) is 16.1 Å². The normalized spacial score (nSPS) is 12.2. The summed E-state index contributed by atoms with van der Waals surface area (Å²) in [6.07, 6.45) is 1.43. The van der Waals surface area contributed by atoms with E-state index >= 15 is 0 Å². The van der Waals surface area contributed by atoms with Crippen molar-refractivity contribution in [1.82, 2.24) is 9.97 Å². The quantitative estimate of drug-likeness (QED) is 0.903. The van der Waals surface area contributed by atoms with Crippen LogP contribution in [0.15, 0.2) is 35.1 Å². The van der Waals surface area contributed by atoms with Crippen LogP contribution in [0, 0.1) is 0 Å². The molecule has 18 heavy (non-hydrogen) atoms. The van der Waals surface area contributed by atoms with Crippen LogP contribution in [0.2, 0.25) is 5.02 Å². The molecule has 0 saturated carbocycles. The van der Waals surface area contributed by atoms with Crippen LogP contribution in [0.5, 0.6) is 0 Å². The Morgan fingerprint density at radius 3 is 2.61 bits per heavy atom. The Balaban J connectivity index is 2.18. The largest absolute Gasteiger partial charge is 0.383 e. The van der Waals surface area contributed by atoms with Crippen molar-refractivity contribution >= 4 is 39.2 Å². The number of nitrogens with two attached hydrogens (primary N) is 1. The summed E-state index contributed by atoms with van der Waals surface area (Å²) < 4.78 is 0.672. The van der Waals surface area contributed by atoms with Crippen LogP contribution >= 0.6 is 27.5 Å². The highest BCUT2D eigenvalue weighted by Crippen LogP contribution is 2.27. The molecular formula is C12H12BrClN4. The Labute approximate surface area is 119 Å². The molecule has 6 heteroatoms. The maximum absolute atomic E-state index is 5.86. The Morgan fingerprint density at radius 1 is 1.28 bits per heavy atom. The molecule has 2 rings (SSSR count). The van der Waals surface area contributed by atoms with Crippen LogP contribution in [-0.4, -0.2) is 9.97 Å². The molecule has 0 amide bonds. The maximum atomic E-state index is 5.86. The monoisotopic (exact) mass is 326 g/mol. The van der Waals surface area contributed by atoms with Gasteiger partial charge in [0.1, 0.15) is 22.4 Å². The van der Waals surface area contributed by atoms with Gasteiger partial charge in [0.05, 0.1) is 0 Å². The Morgan fingerprint density at radius 2 is 1.94 bits per heavy atom. The van der Waals surface area contributed by atoms with Gasteiger partial charge in [-0.1, -0.05) is 23.7 Å². The zero-order valence-electron chi connectivity index (χ0n) is 9.69. The van der Waals surface area contributed by atoms with Crippen LogP contribution in [0.3, 0.4) is 0 Å². The van der Waals surface area contributed by atoms with Crippen LogP contribution < -0.4 is 11.1 Å². The molecule has 0 fully saturated rings. The summed E-state index contributed by atoms with van der Waals surface area (Å²) in [5, 5.41) is 3.99. The zero-order valence-corrected chi connectivity index (χ0v) is 12.0. The predicted octanol–water partition coefficient (Wildman–Crippen LogP) is 3.65. The van der Waals surface area contributed by atoms with Crippen molar-refractivity contribution in [2.24, 2.45) is 0 Å². The van der Waals surface area contributed by atoms with Gasteiger partial charge in [-0.2, -0.15) is 0 Å². The van der Waals surface area contributed by atoms with Crippen molar-refractivity contribution in [2.75, 3.05) is 11.1 Å². The second-order valence-electron chi connectivity index (χ2n) is 3.84. The van der Waals surface area contributed by atoms with Crippen molar-refractivity contribution < 1.29 is 0 Å². The maximum Gasteiger partial charge on any atom is 0.146 e. The number of halogens is 2. The lowest BCUT2D eigenvalue weighted by molar-refractivity contribution is 0.870. The average molecular weight is 328 g/mol. The molecule has 2 aromatic rings. The van der Waals surface area contributed by atoms with Crippen molar-refractivity contribution in [3.8, 4) is 0 Å². The smallest absolute Gasteiger partial charge is 0.146 e. The van der Waals surface area contributed by atoms with Gasteiger partial charge in [-0.05, 0) is 40.5 Å². The van der Waals surface area contributed by atoms with Gasteiger partial charge in [0, 0.05) is 11.1 Å². The summed E-state index contributed by atoms with van der Waals surface area (Å²) in [6, 6.07) is 7.75. The molecule has 0 radical (unpaired) electrons. The lowest BCUT2D eigenvalue weighted by Gasteiger charge is -2.16. The molecule has 0 saturated heterocycles. The van der Waals surface area contributed by atoms with E-state index in [4.69, 9.17) is 17.3 Å². The number of aromatic nitrogens is 2. The molecule has 0 spiro atoms. The SMILES string of the molecule is CC(Nc1ncnc(N)c1Br)c1ccc(Cl)cc1. The molecular weight excluding hydrogens is 316 g/mol. The van der Waals surface area contributed by atoms with Gasteiger partial charge in [0.15, 0.2) is 0 Å². The fourth-order valence-electron chi connectivity index (χ4n) is 1.52. The minimum atomic E-state index is 0.0906. The van der Waals surface area contributed by atoms with Crippen molar-refractivity contribution in [3.05, 3.63) is 45.7 Å². The van der Waals surface area contributed by atoms with Gasteiger partial charge >= 0.3 is 0 Å². The first-order chi connectivity index (χ1) is 8.58. The number of anilines is 2. The first-order valence-electron chi connectivity index (χ1n) is 5.36.